The van der Waals surface area contributed by atoms with E-state index in [-0.39, 0.29) is 22.7 Å². The van der Waals surface area contributed by atoms with Gasteiger partial charge in [-0.2, -0.15) is 0 Å². The summed E-state index contributed by atoms with van der Waals surface area (Å²) in [4.78, 5) is 25.2. The molecule has 0 bridgehead atoms. The van der Waals surface area contributed by atoms with Gasteiger partial charge in [-0.05, 0) is 18.2 Å². The van der Waals surface area contributed by atoms with E-state index in [1.807, 2.05) is 0 Å². The van der Waals surface area contributed by atoms with E-state index in [9.17, 15) is 20.0 Å². The van der Waals surface area contributed by atoms with Gasteiger partial charge in [0.15, 0.2) is 5.75 Å². The predicted molar refractivity (Wildman–Crippen MR) is 71.5 cm³/mol. The zero-order valence-corrected chi connectivity index (χ0v) is 10.8. The van der Waals surface area contributed by atoms with E-state index in [1.54, 1.807) is 0 Å². The van der Waals surface area contributed by atoms with Crippen molar-refractivity contribution in [2.75, 3.05) is 7.11 Å². The van der Waals surface area contributed by atoms with Crippen molar-refractivity contribution >= 4 is 11.7 Å². The maximum absolute atomic E-state index is 11.0. The molecule has 8 heteroatoms. The number of aromatic carboxylic acids is 1. The summed E-state index contributed by atoms with van der Waals surface area (Å²) in [5.74, 6) is -1.71. The summed E-state index contributed by atoms with van der Waals surface area (Å²) >= 11 is 0. The number of carbonyl (C=O) groups is 1. The highest BCUT2D eigenvalue weighted by atomic mass is 16.6. The van der Waals surface area contributed by atoms with E-state index in [0.717, 1.165) is 12.3 Å². The Bertz CT molecular complexity index is 729. The number of aromatic hydroxyl groups is 1. The summed E-state index contributed by atoms with van der Waals surface area (Å²) in [6, 6.07) is 5.27. The lowest BCUT2D eigenvalue weighted by molar-refractivity contribution is -0.385. The van der Waals surface area contributed by atoms with Crippen molar-refractivity contribution in [3.05, 3.63) is 46.1 Å². The summed E-state index contributed by atoms with van der Waals surface area (Å²) in [5.41, 5.74) is -0.0684. The fourth-order valence-corrected chi connectivity index (χ4v) is 1.77. The van der Waals surface area contributed by atoms with Crippen molar-refractivity contribution in [2.45, 2.75) is 0 Å². The molecule has 0 radical (unpaired) electrons. The van der Waals surface area contributed by atoms with Crippen LogP contribution in [0, 0.1) is 10.1 Å². The van der Waals surface area contributed by atoms with E-state index in [0.29, 0.717) is 5.56 Å². The Morgan fingerprint density at radius 3 is 2.67 bits per heavy atom. The van der Waals surface area contributed by atoms with Gasteiger partial charge in [0.25, 0.3) is 0 Å². The maximum Gasteiger partial charge on any atom is 0.339 e. The second-order valence-corrected chi connectivity index (χ2v) is 4.04. The first kappa shape index (κ1) is 14.3. The molecule has 1 aromatic heterocycles. The SMILES string of the molecule is COc1ccc(-c2cc(C(=O)O)c(O)cn2)cc1[N+](=O)[O-]. The quantitative estimate of drug-likeness (QED) is 0.652. The second kappa shape index (κ2) is 5.45. The molecule has 0 atom stereocenters. The molecule has 2 rings (SSSR count). The first-order valence-electron chi connectivity index (χ1n) is 5.69. The van der Waals surface area contributed by atoms with E-state index < -0.39 is 16.6 Å². The van der Waals surface area contributed by atoms with Crippen LogP contribution in [0.3, 0.4) is 0 Å². The molecule has 0 aliphatic heterocycles. The van der Waals surface area contributed by atoms with Gasteiger partial charge in [0.2, 0.25) is 0 Å². The highest BCUT2D eigenvalue weighted by Gasteiger charge is 2.18. The highest BCUT2D eigenvalue weighted by Crippen LogP contribution is 2.32. The zero-order valence-electron chi connectivity index (χ0n) is 10.8. The van der Waals surface area contributed by atoms with Gasteiger partial charge in [-0.3, -0.25) is 15.1 Å². The van der Waals surface area contributed by atoms with Gasteiger partial charge in [0, 0.05) is 11.6 Å². The molecule has 2 N–H and O–H groups in total. The average Bonchev–Trinajstić information content (AvgIpc) is 2.46. The molecule has 0 spiro atoms. The third kappa shape index (κ3) is 2.73. The first-order valence-corrected chi connectivity index (χ1v) is 5.69. The smallest absolute Gasteiger partial charge is 0.339 e. The molecular formula is C13H10N2O6. The molecule has 0 unspecified atom stereocenters. The molecule has 8 nitrogen and oxygen atoms in total. The Hall–Kier alpha value is -3.16. The van der Waals surface area contributed by atoms with Crippen molar-refractivity contribution < 1.29 is 24.7 Å². The molecule has 0 fully saturated rings. The van der Waals surface area contributed by atoms with E-state index in [4.69, 9.17) is 9.84 Å². The van der Waals surface area contributed by atoms with Gasteiger partial charge in [-0.15, -0.1) is 0 Å². The van der Waals surface area contributed by atoms with Crippen LogP contribution in [0.15, 0.2) is 30.5 Å². The Kier molecular flexibility index (Phi) is 3.70. The number of hydrogen-bond donors (Lipinski definition) is 2. The summed E-state index contributed by atoms with van der Waals surface area (Å²) in [5, 5.41) is 29.3. The number of nitro benzene ring substituents is 1. The van der Waals surface area contributed by atoms with Gasteiger partial charge in [-0.1, -0.05) is 0 Å². The van der Waals surface area contributed by atoms with Crippen LogP contribution in [0.5, 0.6) is 11.5 Å². The third-order valence-corrected chi connectivity index (χ3v) is 2.78. The molecule has 2 aromatic rings. The minimum Gasteiger partial charge on any atom is -0.505 e. The number of methoxy groups -OCH3 is 1. The lowest BCUT2D eigenvalue weighted by Gasteiger charge is -2.06. The number of ether oxygens (including phenoxy) is 1. The fraction of sp³-hybridized carbons (Fsp3) is 0.0769. The minimum absolute atomic E-state index is 0.0842. The molecule has 0 saturated heterocycles. The van der Waals surface area contributed by atoms with Crippen LogP contribution in [-0.4, -0.2) is 33.2 Å². The van der Waals surface area contributed by atoms with Crippen molar-refractivity contribution in [3.8, 4) is 22.8 Å². The molecule has 0 aliphatic rings. The monoisotopic (exact) mass is 290 g/mol. The number of carboxylic acid groups (broad SMARTS) is 1. The number of pyridine rings is 1. The lowest BCUT2D eigenvalue weighted by Crippen LogP contribution is -1.99. The number of rotatable bonds is 4. The average molecular weight is 290 g/mol. The second-order valence-electron chi connectivity index (χ2n) is 4.04. The third-order valence-electron chi connectivity index (χ3n) is 2.78. The largest absolute Gasteiger partial charge is 0.505 e. The standard InChI is InChI=1S/C13H10N2O6/c1-21-12-3-2-7(4-10(12)15(19)20)9-5-8(13(17)18)11(16)6-14-9/h2-6,16H,1H3,(H,17,18). The van der Waals surface area contributed by atoms with Crippen molar-refractivity contribution in [1.29, 1.82) is 0 Å². The van der Waals surface area contributed by atoms with E-state index in [2.05, 4.69) is 4.98 Å². The van der Waals surface area contributed by atoms with Crippen molar-refractivity contribution in [3.63, 3.8) is 0 Å². The topological polar surface area (TPSA) is 123 Å². The Morgan fingerprint density at radius 1 is 1.38 bits per heavy atom. The Balaban J connectivity index is 2.57. The molecule has 108 valence electrons. The molecule has 1 aromatic carbocycles. The summed E-state index contributed by atoms with van der Waals surface area (Å²) in [6.07, 6.45) is 0.981. The van der Waals surface area contributed by atoms with Gasteiger partial charge in [0.1, 0.15) is 11.3 Å². The molecule has 0 aliphatic carbocycles. The highest BCUT2D eigenvalue weighted by molar-refractivity contribution is 5.92. The lowest BCUT2D eigenvalue weighted by atomic mass is 10.1. The number of aromatic nitrogens is 1. The number of carboxylic acids is 1. The summed E-state index contributed by atoms with van der Waals surface area (Å²) in [7, 11) is 1.31. The van der Waals surface area contributed by atoms with Crippen molar-refractivity contribution in [1.82, 2.24) is 4.98 Å². The minimum atomic E-state index is -1.32. The van der Waals surface area contributed by atoms with Crippen LogP contribution < -0.4 is 4.74 Å². The van der Waals surface area contributed by atoms with Crippen LogP contribution in [0.25, 0.3) is 11.3 Å². The van der Waals surface area contributed by atoms with Crippen LogP contribution >= 0.6 is 0 Å². The predicted octanol–water partition coefficient (Wildman–Crippen LogP) is 2.07. The number of nitro groups is 1. The molecule has 21 heavy (non-hydrogen) atoms. The number of hydrogen-bond acceptors (Lipinski definition) is 6. The first-order chi connectivity index (χ1) is 9.93. The molecule has 1 heterocycles. The molecule has 0 saturated carbocycles. The van der Waals surface area contributed by atoms with Gasteiger partial charge in [0.05, 0.1) is 23.9 Å². The molecular weight excluding hydrogens is 280 g/mol. The fourth-order valence-electron chi connectivity index (χ4n) is 1.77. The van der Waals surface area contributed by atoms with Gasteiger partial charge < -0.3 is 14.9 Å². The van der Waals surface area contributed by atoms with E-state index >= 15 is 0 Å². The van der Waals surface area contributed by atoms with Crippen LogP contribution in [-0.2, 0) is 0 Å². The van der Waals surface area contributed by atoms with Crippen LogP contribution in [0.2, 0.25) is 0 Å². The van der Waals surface area contributed by atoms with Gasteiger partial charge >= 0.3 is 11.7 Å². The van der Waals surface area contributed by atoms with Crippen LogP contribution in [0.4, 0.5) is 5.69 Å². The Morgan fingerprint density at radius 2 is 2.10 bits per heavy atom. The molecule has 0 amide bonds. The van der Waals surface area contributed by atoms with Crippen LogP contribution in [0.1, 0.15) is 10.4 Å². The zero-order chi connectivity index (χ0) is 15.6. The normalized spacial score (nSPS) is 10.1. The Labute approximate surface area is 118 Å². The maximum atomic E-state index is 11.0. The van der Waals surface area contributed by atoms with E-state index in [1.165, 1.54) is 25.3 Å². The van der Waals surface area contributed by atoms with Gasteiger partial charge in [-0.25, -0.2) is 4.79 Å². The van der Waals surface area contributed by atoms with Crippen molar-refractivity contribution in [2.24, 2.45) is 0 Å². The summed E-state index contributed by atoms with van der Waals surface area (Å²) in [6.45, 7) is 0. The summed E-state index contributed by atoms with van der Waals surface area (Å²) < 4.78 is 4.88. The number of nitrogens with zero attached hydrogens (tertiary/aromatic N) is 2. The number of benzene rings is 1.